The summed E-state index contributed by atoms with van der Waals surface area (Å²) in [7, 11) is 0. The number of rotatable bonds is 4. The number of aryl methyl sites for hydroxylation is 1. The van der Waals surface area contributed by atoms with Crippen LogP contribution in [0.25, 0.3) is 11.1 Å². The van der Waals surface area contributed by atoms with Crippen molar-refractivity contribution in [1.29, 1.82) is 0 Å². The van der Waals surface area contributed by atoms with E-state index in [4.69, 9.17) is 11.6 Å². The maximum Gasteiger partial charge on any atom is 0.229 e. The molecule has 29 heavy (non-hydrogen) atoms. The molecule has 0 spiro atoms. The molecule has 0 saturated carbocycles. The van der Waals surface area contributed by atoms with Crippen LogP contribution in [-0.4, -0.2) is 29.0 Å². The lowest BCUT2D eigenvalue weighted by Crippen LogP contribution is -2.41. The fourth-order valence-electron chi connectivity index (χ4n) is 3.53. The van der Waals surface area contributed by atoms with E-state index in [1.165, 1.54) is 5.56 Å². The van der Waals surface area contributed by atoms with Gasteiger partial charge in [-0.3, -0.25) is 4.79 Å². The summed E-state index contributed by atoms with van der Waals surface area (Å²) in [5, 5.41) is 3.63. The number of nitrogens with one attached hydrogen (secondary N) is 1. The molecular formula is C23H23ClN4O. The van der Waals surface area contributed by atoms with Crippen molar-refractivity contribution < 1.29 is 4.79 Å². The van der Waals surface area contributed by atoms with Crippen LogP contribution in [0.4, 0.5) is 11.6 Å². The van der Waals surface area contributed by atoms with Crippen LogP contribution in [0.1, 0.15) is 18.4 Å². The Balaban J connectivity index is 1.41. The normalized spacial score (nSPS) is 16.5. The van der Waals surface area contributed by atoms with Gasteiger partial charge in [-0.2, -0.15) is 0 Å². The van der Waals surface area contributed by atoms with Gasteiger partial charge in [0.25, 0.3) is 0 Å². The number of hydrogen-bond acceptors (Lipinski definition) is 4. The molecule has 1 saturated heterocycles. The van der Waals surface area contributed by atoms with Crippen molar-refractivity contribution in [1.82, 2.24) is 9.97 Å². The standard InChI is InChI=1S/C23H23ClN4O/c1-16-4-6-17(7-5-16)19-13-25-23(26-14-19)28-12-2-3-18(15-28)22(29)27-21-10-8-20(24)9-11-21/h4-11,13-14,18H,2-3,12,15H2,1H3,(H,27,29)/t18-/m0/s1. The summed E-state index contributed by atoms with van der Waals surface area (Å²) in [4.78, 5) is 23.9. The molecule has 3 aromatic rings. The van der Waals surface area contributed by atoms with Crippen LogP contribution in [-0.2, 0) is 4.79 Å². The summed E-state index contributed by atoms with van der Waals surface area (Å²) in [5.41, 5.74) is 4.07. The maximum atomic E-state index is 12.7. The zero-order chi connectivity index (χ0) is 20.2. The number of anilines is 2. The van der Waals surface area contributed by atoms with Crippen molar-refractivity contribution in [2.24, 2.45) is 5.92 Å². The van der Waals surface area contributed by atoms with E-state index in [0.29, 0.717) is 17.5 Å². The molecule has 0 radical (unpaired) electrons. The molecule has 2 heterocycles. The second-order valence-electron chi connectivity index (χ2n) is 7.42. The summed E-state index contributed by atoms with van der Waals surface area (Å²) in [6.07, 6.45) is 5.49. The molecule has 1 aliphatic rings. The number of amides is 1. The monoisotopic (exact) mass is 406 g/mol. The molecule has 5 nitrogen and oxygen atoms in total. The van der Waals surface area contributed by atoms with E-state index in [9.17, 15) is 4.79 Å². The molecule has 148 valence electrons. The molecule has 1 aromatic heterocycles. The zero-order valence-electron chi connectivity index (χ0n) is 16.3. The molecule has 1 atom stereocenters. The first kappa shape index (κ1) is 19.4. The van der Waals surface area contributed by atoms with E-state index in [1.807, 2.05) is 24.5 Å². The van der Waals surface area contributed by atoms with Crippen LogP contribution in [0.15, 0.2) is 60.9 Å². The molecule has 6 heteroatoms. The van der Waals surface area contributed by atoms with Crippen LogP contribution in [0.5, 0.6) is 0 Å². The first-order valence-corrected chi connectivity index (χ1v) is 10.2. The lowest BCUT2D eigenvalue weighted by atomic mass is 9.97. The van der Waals surface area contributed by atoms with Crippen LogP contribution in [0.2, 0.25) is 5.02 Å². The first-order chi connectivity index (χ1) is 14.1. The second kappa shape index (κ2) is 8.62. The fourth-order valence-corrected chi connectivity index (χ4v) is 3.66. The largest absolute Gasteiger partial charge is 0.340 e. The third-order valence-electron chi connectivity index (χ3n) is 5.21. The Bertz CT molecular complexity index is 971. The lowest BCUT2D eigenvalue weighted by molar-refractivity contribution is -0.120. The van der Waals surface area contributed by atoms with Crippen molar-refractivity contribution in [3.05, 3.63) is 71.5 Å². The fraction of sp³-hybridized carbons (Fsp3) is 0.261. The Morgan fingerprint density at radius 3 is 2.41 bits per heavy atom. The zero-order valence-corrected chi connectivity index (χ0v) is 17.1. The number of nitrogens with zero attached hydrogens (tertiary/aromatic N) is 3. The van der Waals surface area contributed by atoms with Gasteiger partial charge in [0, 0.05) is 41.8 Å². The molecule has 4 rings (SSSR count). The predicted molar refractivity (Wildman–Crippen MR) is 117 cm³/mol. The number of aromatic nitrogens is 2. The van der Waals surface area contributed by atoms with Crippen molar-refractivity contribution in [2.75, 3.05) is 23.3 Å². The van der Waals surface area contributed by atoms with Gasteiger partial charge < -0.3 is 10.2 Å². The Kier molecular flexibility index (Phi) is 5.76. The van der Waals surface area contributed by atoms with E-state index in [1.54, 1.807) is 12.1 Å². The Labute approximate surface area is 175 Å². The molecular weight excluding hydrogens is 384 g/mol. The van der Waals surface area contributed by atoms with Crippen LogP contribution >= 0.6 is 11.6 Å². The SMILES string of the molecule is Cc1ccc(-c2cnc(N3CCC[C@H](C(=O)Nc4ccc(Cl)cc4)C3)nc2)cc1. The first-order valence-electron chi connectivity index (χ1n) is 9.79. The van der Waals surface area contributed by atoms with Crippen LogP contribution in [0.3, 0.4) is 0 Å². The Hall–Kier alpha value is -2.92. The summed E-state index contributed by atoms with van der Waals surface area (Å²) >= 11 is 5.91. The number of hydrogen-bond donors (Lipinski definition) is 1. The topological polar surface area (TPSA) is 58.1 Å². The summed E-state index contributed by atoms with van der Waals surface area (Å²) in [5.74, 6) is 0.595. The van der Waals surface area contributed by atoms with Gasteiger partial charge in [-0.15, -0.1) is 0 Å². The summed E-state index contributed by atoms with van der Waals surface area (Å²) < 4.78 is 0. The lowest BCUT2D eigenvalue weighted by Gasteiger charge is -2.32. The third-order valence-corrected chi connectivity index (χ3v) is 5.46. The van der Waals surface area contributed by atoms with Gasteiger partial charge in [0.15, 0.2) is 0 Å². The van der Waals surface area contributed by atoms with Crippen LogP contribution in [0, 0.1) is 12.8 Å². The number of halogens is 1. The summed E-state index contributed by atoms with van der Waals surface area (Å²) in [6, 6.07) is 15.5. The maximum absolute atomic E-state index is 12.7. The van der Waals surface area contributed by atoms with Crippen molar-refractivity contribution in [2.45, 2.75) is 19.8 Å². The molecule has 0 bridgehead atoms. The van der Waals surface area contributed by atoms with Crippen molar-refractivity contribution in [3.8, 4) is 11.1 Å². The molecule has 1 amide bonds. The number of piperidine rings is 1. The van der Waals surface area contributed by atoms with Crippen molar-refractivity contribution >= 4 is 29.1 Å². The highest BCUT2D eigenvalue weighted by Crippen LogP contribution is 2.24. The van der Waals surface area contributed by atoms with Gasteiger partial charge in [-0.1, -0.05) is 41.4 Å². The van der Waals surface area contributed by atoms with Gasteiger partial charge in [0.1, 0.15) is 0 Å². The highest BCUT2D eigenvalue weighted by atomic mass is 35.5. The molecule has 0 aliphatic carbocycles. The molecule has 1 fully saturated rings. The van der Waals surface area contributed by atoms with Gasteiger partial charge in [0.2, 0.25) is 11.9 Å². The van der Waals surface area contributed by atoms with E-state index in [0.717, 1.165) is 36.2 Å². The quantitative estimate of drug-likeness (QED) is 0.665. The molecule has 2 aromatic carbocycles. The Morgan fingerprint density at radius 2 is 1.72 bits per heavy atom. The summed E-state index contributed by atoms with van der Waals surface area (Å²) in [6.45, 7) is 3.54. The average Bonchev–Trinajstić information content (AvgIpc) is 2.76. The van der Waals surface area contributed by atoms with Crippen molar-refractivity contribution in [3.63, 3.8) is 0 Å². The highest BCUT2D eigenvalue weighted by Gasteiger charge is 2.27. The second-order valence-corrected chi connectivity index (χ2v) is 7.86. The highest BCUT2D eigenvalue weighted by molar-refractivity contribution is 6.30. The van der Waals surface area contributed by atoms with E-state index in [-0.39, 0.29) is 11.8 Å². The van der Waals surface area contributed by atoms with Crippen LogP contribution < -0.4 is 10.2 Å². The van der Waals surface area contributed by atoms with Gasteiger partial charge in [-0.25, -0.2) is 9.97 Å². The minimum absolute atomic E-state index is 0.0216. The number of carbonyl (C=O) groups excluding carboxylic acids is 1. The predicted octanol–water partition coefficient (Wildman–Crippen LogP) is 4.96. The minimum atomic E-state index is -0.0974. The number of carbonyl (C=O) groups is 1. The minimum Gasteiger partial charge on any atom is -0.340 e. The van der Waals surface area contributed by atoms with E-state index >= 15 is 0 Å². The smallest absolute Gasteiger partial charge is 0.229 e. The van der Waals surface area contributed by atoms with Gasteiger partial charge >= 0.3 is 0 Å². The molecule has 0 unspecified atom stereocenters. The molecule has 1 aliphatic heterocycles. The van der Waals surface area contributed by atoms with E-state index in [2.05, 4.69) is 51.4 Å². The Morgan fingerprint density at radius 1 is 1.03 bits per heavy atom. The van der Waals surface area contributed by atoms with Gasteiger partial charge in [0.05, 0.1) is 5.92 Å². The third kappa shape index (κ3) is 4.74. The van der Waals surface area contributed by atoms with Gasteiger partial charge in [-0.05, 0) is 49.6 Å². The number of benzene rings is 2. The average molecular weight is 407 g/mol. The van der Waals surface area contributed by atoms with E-state index < -0.39 is 0 Å². The molecule has 1 N–H and O–H groups in total.